The number of aromatic nitrogens is 3. The van der Waals surface area contributed by atoms with Crippen LogP contribution in [-0.2, 0) is 20.6 Å². The highest BCUT2D eigenvalue weighted by atomic mass is 79.9. The van der Waals surface area contributed by atoms with Crippen LogP contribution in [0.4, 0.5) is 9.18 Å². The van der Waals surface area contributed by atoms with E-state index in [-0.39, 0.29) is 36.1 Å². The number of rotatable bonds is 8. The first kappa shape index (κ1) is 31.7. The van der Waals surface area contributed by atoms with Crippen LogP contribution in [0.2, 0.25) is 5.15 Å². The van der Waals surface area contributed by atoms with Crippen LogP contribution >= 0.6 is 27.5 Å². The van der Waals surface area contributed by atoms with E-state index in [1.165, 1.54) is 18.5 Å². The number of hydrogen-bond donors (Lipinski definition) is 0. The van der Waals surface area contributed by atoms with Crippen LogP contribution < -0.4 is 0 Å². The number of ether oxygens (including phenoxy) is 3. The highest BCUT2D eigenvalue weighted by Gasteiger charge is 2.55. The monoisotopic (exact) mass is 691 g/mol. The van der Waals surface area contributed by atoms with Gasteiger partial charge in [-0.15, -0.1) is 0 Å². The zero-order valence-corrected chi connectivity index (χ0v) is 28.1. The molecule has 4 heterocycles. The average molecular weight is 693 g/mol. The Kier molecular flexibility index (Phi) is 8.73. The summed E-state index contributed by atoms with van der Waals surface area (Å²) in [6, 6.07) is 6.48. The van der Waals surface area contributed by atoms with Crippen molar-refractivity contribution in [1.29, 1.82) is 0 Å². The van der Waals surface area contributed by atoms with Crippen molar-refractivity contribution in [2.75, 3.05) is 32.7 Å². The molecule has 4 atom stereocenters. The van der Waals surface area contributed by atoms with E-state index in [0.717, 1.165) is 47.1 Å². The fourth-order valence-corrected chi connectivity index (χ4v) is 7.78. The largest absolute Gasteiger partial charge is 0.444 e. The molecule has 238 valence electrons. The molecule has 2 aromatic heterocycles. The van der Waals surface area contributed by atoms with E-state index in [2.05, 4.69) is 35.4 Å². The first-order valence-electron chi connectivity index (χ1n) is 15.2. The highest BCUT2D eigenvalue weighted by Crippen LogP contribution is 2.49. The van der Waals surface area contributed by atoms with E-state index in [1.807, 2.05) is 40.8 Å². The van der Waals surface area contributed by atoms with Crippen LogP contribution in [0.1, 0.15) is 52.6 Å². The number of halogens is 3. The number of benzene rings is 1. The molecule has 0 N–H and O–H groups in total. The highest BCUT2D eigenvalue weighted by molar-refractivity contribution is 9.10. The molecule has 6 rings (SSSR count). The summed E-state index contributed by atoms with van der Waals surface area (Å²) in [5.41, 5.74) is 1.18. The fraction of sp³-hybridized carbons (Fsp3) is 0.594. The van der Waals surface area contributed by atoms with Crippen molar-refractivity contribution >= 4 is 44.7 Å². The lowest BCUT2D eigenvalue weighted by atomic mass is 9.95. The van der Waals surface area contributed by atoms with Crippen LogP contribution in [0.25, 0.3) is 11.0 Å². The summed E-state index contributed by atoms with van der Waals surface area (Å²) >= 11 is 10.1. The van der Waals surface area contributed by atoms with Crippen LogP contribution in [0.5, 0.6) is 0 Å². The SMILES string of the molecule is CC(C)(C)OC(=O)N(CCc1ccc(F)cc1)CC1CN(C[C@H]2C[C@@H](n3cc(Br)c4c(Cl)ncnc43)[C@@H]3OC(C)(C)O[C@H]23)C1. The van der Waals surface area contributed by atoms with Gasteiger partial charge in [-0.2, -0.15) is 0 Å². The molecule has 1 amide bonds. The van der Waals surface area contributed by atoms with E-state index in [4.69, 9.17) is 25.8 Å². The molecule has 0 spiro atoms. The van der Waals surface area contributed by atoms with Crippen molar-refractivity contribution in [3.63, 3.8) is 0 Å². The topological polar surface area (TPSA) is 82.0 Å². The summed E-state index contributed by atoms with van der Waals surface area (Å²) in [6.07, 6.45) is 4.57. The third-order valence-electron chi connectivity index (χ3n) is 8.67. The van der Waals surface area contributed by atoms with Crippen LogP contribution in [0, 0.1) is 17.7 Å². The summed E-state index contributed by atoms with van der Waals surface area (Å²) < 4.78 is 35.1. The molecule has 12 heteroatoms. The molecule has 44 heavy (non-hydrogen) atoms. The van der Waals surface area contributed by atoms with Crippen LogP contribution in [0.3, 0.4) is 0 Å². The predicted octanol–water partition coefficient (Wildman–Crippen LogP) is 6.48. The van der Waals surface area contributed by atoms with Gasteiger partial charge in [-0.3, -0.25) is 0 Å². The van der Waals surface area contributed by atoms with Gasteiger partial charge in [-0.05, 0) is 81.1 Å². The Labute approximate surface area is 271 Å². The van der Waals surface area contributed by atoms with Gasteiger partial charge in [0.15, 0.2) is 5.79 Å². The normalized spacial score (nSPS) is 25.3. The van der Waals surface area contributed by atoms with Gasteiger partial charge in [-0.25, -0.2) is 19.2 Å². The summed E-state index contributed by atoms with van der Waals surface area (Å²) in [5.74, 6) is -0.335. The lowest BCUT2D eigenvalue weighted by Gasteiger charge is -2.43. The molecule has 3 aliphatic rings. The maximum absolute atomic E-state index is 13.4. The third-order valence-corrected chi connectivity index (χ3v) is 9.55. The Balaban J connectivity index is 1.10. The molecular formula is C32H40BrClFN5O4. The summed E-state index contributed by atoms with van der Waals surface area (Å²) in [6.45, 7) is 13.4. The molecule has 1 saturated carbocycles. The van der Waals surface area contributed by atoms with Crippen molar-refractivity contribution in [2.45, 2.75) is 77.1 Å². The van der Waals surface area contributed by atoms with Gasteiger partial charge in [0.25, 0.3) is 0 Å². The Bertz CT molecular complexity index is 1510. The molecule has 0 unspecified atom stereocenters. The van der Waals surface area contributed by atoms with Gasteiger partial charge in [0.1, 0.15) is 34.6 Å². The Morgan fingerprint density at radius 2 is 1.89 bits per heavy atom. The maximum atomic E-state index is 13.4. The Morgan fingerprint density at radius 3 is 2.59 bits per heavy atom. The lowest BCUT2D eigenvalue weighted by molar-refractivity contribution is -0.161. The fourth-order valence-electron chi connectivity index (χ4n) is 6.85. The van der Waals surface area contributed by atoms with Crippen molar-refractivity contribution in [3.05, 3.63) is 57.8 Å². The van der Waals surface area contributed by atoms with Crippen LogP contribution in [-0.4, -0.2) is 86.7 Å². The molecule has 3 aromatic rings. The molecule has 9 nitrogen and oxygen atoms in total. The van der Waals surface area contributed by atoms with E-state index < -0.39 is 11.4 Å². The standard InChI is InChI=1S/C32H40BrClFN5O4/c1-31(2,3)44-30(41)39(11-10-19-6-8-22(35)9-7-19)15-20-13-38(14-20)16-21-12-24(27-26(21)42-32(4,5)43-27)40-17-23(33)25-28(34)36-18-37-29(25)40/h6-9,17-18,20-21,24,26-27H,10-16H2,1-5H3/t21-,24-,26-,27+/m1/s1. The molecule has 1 aliphatic carbocycles. The molecule has 2 saturated heterocycles. The van der Waals surface area contributed by atoms with Gasteiger partial charge in [0.05, 0.1) is 17.5 Å². The smallest absolute Gasteiger partial charge is 0.410 e. The van der Waals surface area contributed by atoms with Gasteiger partial charge in [-0.1, -0.05) is 23.7 Å². The molecule has 2 aliphatic heterocycles. The second kappa shape index (κ2) is 12.1. The van der Waals surface area contributed by atoms with Gasteiger partial charge < -0.3 is 28.6 Å². The van der Waals surface area contributed by atoms with E-state index in [0.29, 0.717) is 30.6 Å². The van der Waals surface area contributed by atoms with E-state index >= 15 is 0 Å². The van der Waals surface area contributed by atoms with E-state index in [1.54, 1.807) is 17.0 Å². The summed E-state index contributed by atoms with van der Waals surface area (Å²) in [5, 5.41) is 1.22. The van der Waals surface area contributed by atoms with Crippen molar-refractivity contribution in [3.8, 4) is 0 Å². The minimum atomic E-state index is -0.672. The number of hydrogen-bond acceptors (Lipinski definition) is 7. The lowest BCUT2D eigenvalue weighted by Crippen LogP contribution is -2.54. The molecular weight excluding hydrogens is 653 g/mol. The Hall–Kier alpha value is -2.31. The minimum Gasteiger partial charge on any atom is -0.444 e. The van der Waals surface area contributed by atoms with Gasteiger partial charge in [0.2, 0.25) is 0 Å². The molecule has 0 bridgehead atoms. The number of carbonyl (C=O) groups excluding carboxylic acids is 1. The van der Waals surface area contributed by atoms with Crippen molar-refractivity contribution < 1.29 is 23.4 Å². The molecule has 3 fully saturated rings. The van der Waals surface area contributed by atoms with Crippen molar-refractivity contribution in [1.82, 2.24) is 24.3 Å². The molecule has 1 aromatic carbocycles. The predicted molar refractivity (Wildman–Crippen MR) is 169 cm³/mol. The maximum Gasteiger partial charge on any atom is 0.410 e. The zero-order valence-electron chi connectivity index (χ0n) is 25.8. The molecule has 0 radical (unpaired) electrons. The van der Waals surface area contributed by atoms with Crippen LogP contribution in [0.15, 0.2) is 41.3 Å². The summed E-state index contributed by atoms with van der Waals surface area (Å²) in [7, 11) is 0. The first-order valence-corrected chi connectivity index (χ1v) is 16.4. The number of amides is 1. The van der Waals surface area contributed by atoms with E-state index in [9.17, 15) is 9.18 Å². The second-order valence-corrected chi connectivity index (χ2v) is 15.0. The zero-order chi connectivity index (χ0) is 31.4. The third kappa shape index (κ3) is 6.77. The second-order valence-electron chi connectivity index (χ2n) is 13.8. The number of likely N-dealkylation sites (tertiary alicyclic amines) is 1. The minimum absolute atomic E-state index is 0.0396. The quantitative estimate of drug-likeness (QED) is 0.250. The first-order chi connectivity index (χ1) is 20.8. The average Bonchev–Trinajstić information content (AvgIpc) is 3.53. The summed E-state index contributed by atoms with van der Waals surface area (Å²) in [4.78, 5) is 26.1. The number of fused-ring (bicyclic) bond motifs is 2. The van der Waals surface area contributed by atoms with Gasteiger partial charge in [0, 0.05) is 55.2 Å². The Morgan fingerprint density at radius 1 is 1.18 bits per heavy atom. The van der Waals surface area contributed by atoms with Gasteiger partial charge >= 0.3 is 6.09 Å². The number of nitrogens with zero attached hydrogens (tertiary/aromatic N) is 5. The van der Waals surface area contributed by atoms with Crippen molar-refractivity contribution in [2.24, 2.45) is 11.8 Å². The number of carbonyl (C=O) groups is 1.